The lowest BCUT2D eigenvalue weighted by molar-refractivity contribution is -0.270. The van der Waals surface area contributed by atoms with Crippen LogP contribution in [0.15, 0.2) is 39.8 Å². The lowest BCUT2D eigenvalue weighted by Gasteiger charge is -2.66. The number of carbonyl (C=O) groups excluding carboxylic acids is 3. The number of ether oxygens (including phenoxy) is 4. The third-order valence-electron chi connectivity index (χ3n) is 10.0. The second-order valence-corrected chi connectivity index (χ2v) is 12.9. The molecule has 2 aromatic rings. The number of nitrogens with zero attached hydrogens (tertiary/aromatic N) is 1. The summed E-state index contributed by atoms with van der Waals surface area (Å²) in [6.07, 6.45) is 1.71. The van der Waals surface area contributed by atoms with Gasteiger partial charge in [0.25, 0.3) is 0 Å². The molecule has 2 fully saturated rings. The van der Waals surface area contributed by atoms with Crippen molar-refractivity contribution in [2.24, 2.45) is 22.7 Å². The van der Waals surface area contributed by atoms with Crippen molar-refractivity contribution < 1.29 is 42.9 Å². The monoisotopic (exact) mass is 621 g/mol. The third-order valence-corrected chi connectivity index (χ3v) is 10.0. The Labute approximate surface area is 261 Å². The van der Waals surface area contributed by atoms with Crippen molar-refractivity contribution in [2.75, 3.05) is 6.61 Å². The van der Waals surface area contributed by atoms with E-state index in [4.69, 9.17) is 23.4 Å². The van der Waals surface area contributed by atoms with Gasteiger partial charge in [-0.05, 0) is 49.7 Å². The number of aliphatic hydroxyl groups is 1. The van der Waals surface area contributed by atoms with Crippen LogP contribution < -0.4 is 10.4 Å². The quantitative estimate of drug-likeness (QED) is 0.222. The van der Waals surface area contributed by atoms with E-state index in [0.29, 0.717) is 24.8 Å². The fourth-order valence-corrected chi connectivity index (χ4v) is 8.16. The summed E-state index contributed by atoms with van der Waals surface area (Å²) in [7, 11) is 0. The van der Waals surface area contributed by atoms with Crippen molar-refractivity contribution in [1.29, 1.82) is 0 Å². The number of aromatic nitrogens is 1. The Morgan fingerprint density at radius 2 is 1.89 bits per heavy atom. The summed E-state index contributed by atoms with van der Waals surface area (Å²) >= 11 is 0. The highest BCUT2D eigenvalue weighted by atomic mass is 16.6. The van der Waals surface area contributed by atoms with E-state index in [2.05, 4.69) is 16.8 Å². The van der Waals surface area contributed by atoms with Gasteiger partial charge in [-0.3, -0.25) is 14.6 Å². The Morgan fingerprint density at radius 3 is 2.53 bits per heavy atom. The first-order valence-electron chi connectivity index (χ1n) is 15.2. The van der Waals surface area contributed by atoms with Gasteiger partial charge in [-0.25, -0.2) is 9.59 Å². The summed E-state index contributed by atoms with van der Waals surface area (Å²) in [4.78, 5) is 54.8. The molecular formula is C34H39NO10. The fourth-order valence-electron chi connectivity index (χ4n) is 8.16. The molecular weight excluding hydrogens is 582 g/mol. The summed E-state index contributed by atoms with van der Waals surface area (Å²) in [5, 5.41) is 12.2. The number of hydrogen-bond acceptors (Lipinski definition) is 11. The molecule has 5 rings (SSSR count). The van der Waals surface area contributed by atoms with Crippen LogP contribution in [0.5, 0.6) is 5.75 Å². The Balaban J connectivity index is 1.67. The molecule has 3 heterocycles. The van der Waals surface area contributed by atoms with Crippen LogP contribution in [0.4, 0.5) is 0 Å². The first kappa shape index (κ1) is 32.2. The molecule has 11 nitrogen and oxygen atoms in total. The second-order valence-electron chi connectivity index (χ2n) is 12.9. The number of fused-ring (bicyclic) bond motifs is 4. The highest BCUT2D eigenvalue weighted by molar-refractivity contribution is 5.88. The van der Waals surface area contributed by atoms with E-state index < -0.39 is 70.1 Å². The van der Waals surface area contributed by atoms with E-state index in [1.54, 1.807) is 37.5 Å². The first-order valence-corrected chi connectivity index (χ1v) is 15.2. The van der Waals surface area contributed by atoms with Gasteiger partial charge in [0.15, 0.2) is 0 Å². The zero-order valence-electron chi connectivity index (χ0n) is 26.4. The summed E-state index contributed by atoms with van der Waals surface area (Å²) in [5.74, 6) is 2.60. The molecule has 3 unspecified atom stereocenters. The molecule has 0 saturated heterocycles. The predicted molar refractivity (Wildman–Crippen MR) is 159 cm³/mol. The van der Waals surface area contributed by atoms with Crippen molar-refractivity contribution in [2.45, 2.75) is 91.1 Å². The van der Waals surface area contributed by atoms with Gasteiger partial charge in [-0.1, -0.05) is 26.7 Å². The largest absolute Gasteiger partial charge is 0.482 e. The molecule has 3 aliphatic rings. The number of hydrogen-bond donors (Lipinski definition) is 1. The fraction of sp³-hybridized carbons (Fsp3) is 0.559. The molecule has 0 amide bonds. The topological polar surface area (TPSA) is 151 Å². The van der Waals surface area contributed by atoms with Gasteiger partial charge in [0.05, 0.1) is 6.10 Å². The van der Waals surface area contributed by atoms with Crippen molar-refractivity contribution in [3.05, 3.63) is 46.6 Å². The van der Waals surface area contributed by atoms with E-state index >= 15 is 0 Å². The van der Waals surface area contributed by atoms with Crippen LogP contribution in [-0.2, 0) is 28.6 Å². The van der Waals surface area contributed by atoms with Crippen molar-refractivity contribution in [3.63, 3.8) is 0 Å². The van der Waals surface area contributed by atoms with E-state index in [1.807, 2.05) is 20.8 Å². The standard InChI is InChI=1S/C34H39NO10/c1-7-8-11-27(38)44-26-16-24-32(4,13-12-25(42-20(3)37)33(24,5)18-41-19(2)36)30-29(39)28-23(45-34(26,30)6)15-22(43-31(28)40)21-10-9-14-35-17-21/h9-10,14-15,17,24-26,29-30,39H,7,12-13,16,18H2,1-6H3/t24?,25-,26-,29?,30?,32-,33-,34+/m0/s1. The summed E-state index contributed by atoms with van der Waals surface area (Å²) < 4.78 is 29.7. The molecule has 2 saturated carbocycles. The molecule has 45 heavy (non-hydrogen) atoms. The molecule has 1 N–H and O–H groups in total. The number of carbonyl (C=O) groups is 3. The number of pyridine rings is 1. The molecule has 1 aliphatic heterocycles. The van der Waals surface area contributed by atoms with E-state index in [1.165, 1.54) is 13.8 Å². The molecule has 2 aliphatic carbocycles. The molecule has 0 radical (unpaired) electrons. The molecule has 2 aromatic heterocycles. The van der Waals surface area contributed by atoms with Crippen LogP contribution in [-0.4, -0.2) is 52.4 Å². The van der Waals surface area contributed by atoms with Gasteiger partial charge >= 0.3 is 23.5 Å². The Kier molecular flexibility index (Phi) is 8.57. The van der Waals surface area contributed by atoms with Crippen molar-refractivity contribution in [1.82, 2.24) is 4.98 Å². The van der Waals surface area contributed by atoms with E-state index in [9.17, 15) is 24.3 Å². The summed E-state index contributed by atoms with van der Waals surface area (Å²) in [5.41, 5.74) is -3.29. The second kappa shape index (κ2) is 12.0. The average molecular weight is 622 g/mol. The molecule has 0 spiro atoms. The zero-order chi connectivity index (χ0) is 32.7. The molecule has 0 bridgehead atoms. The highest BCUT2D eigenvalue weighted by Gasteiger charge is 2.71. The maximum atomic E-state index is 13.5. The van der Waals surface area contributed by atoms with Gasteiger partial charge in [-0.15, -0.1) is 0 Å². The van der Waals surface area contributed by atoms with Gasteiger partial charge in [0, 0.05) is 61.5 Å². The minimum atomic E-state index is -1.38. The van der Waals surface area contributed by atoms with Crippen LogP contribution in [0.2, 0.25) is 0 Å². The highest BCUT2D eigenvalue weighted by Crippen LogP contribution is 2.67. The van der Waals surface area contributed by atoms with Crippen LogP contribution in [0.1, 0.15) is 78.9 Å². The molecule has 0 aromatic carbocycles. The van der Waals surface area contributed by atoms with Crippen molar-refractivity contribution in [3.8, 4) is 28.9 Å². The molecule has 11 heteroatoms. The Bertz CT molecular complexity index is 1610. The van der Waals surface area contributed by atoms with Crippen molar-refractivity contribution >= 4 is 17.9 Å². The number of esters is 3. The smallest absolute Gasteiger partial charge is 0.384 e. The van der Waals surface area contributed by atoms with E-state index in [-0.39, 0.29) is 30.1 Å². The number of aliphatic hydroxyl groups excluding tert-OH is 1. The van der Waals surface area contributed by atoms with Gasteiger partial charge in [0.1, 0.15) is 41.5 Å². The molecule has 8 atom stereocenters. The van der Waals surface area contributed by atoms with Gasteiger partial charge in [0.2, 0.25) is 0 Å². The Morgan fingerprint density at radius 1 is 1.13 bits per heavy atom. The van der Waals surface area contributed by atoms with Gasteiger partial charge in [-0.2, -0.15) is 0 Å². The maximum absolute atomic E-state index is 13.5. The first-order chi connectivity index (χ1) is 21.2. The van der Waals surface area contributed by atoms with Crippen LogP contribution in [0.25, 0.3) is 11.3 Å². The predicted octanol–water partition coefficient (Wildman–Crippen LogP) is 4.15. The third kappa shape index (κ3) is 5.61. The lowest BCUT2D eigenvalue weighted by Crippen LogP contribution is -2.71. The minimum absolute atomic E-state index is 0.0355. The van der Waals surface area contributed by atoms with Crippen LogP contribution in [0.3, 0.4) is 0 Å². The SMILES string of the molecule is CCC#CC(=O)O[C@H]1CC2[C@](C)(CC[C@H](OC(C)=O)[C@@]2(C)COC(C)=O)C2C(O)c3c(cc(-c4cccnc4)oc3=O)O[C@@]21C. The van der Waals surface area contributed by atoms with Crippen LogP contribution in [0, 0.1) is 34.5 Å². The minimum Gasteiger partial charge on any atom is -0.482 e. The maximum Gasteiger partial charge on any atom is 0.384 e. The average Bonchev–Trinajstić information content (AvgIpc) is 2.97. The summed E-state index contributed by atoms with van der Waals surface area (Å²) in [6, 6.07) is 4.98. The van der Waals surface area contributed by atoms with Crippen LogP contribution >= 0.6 is 0 Å². The summed E-state index contributed by atoms with van der Waals surface area (Å²) in [6.45, 7) is 10.0. The number of rotatable bonds is 5. The normalized spacial score (nSPS) is 33.1. The van der Waals surface area contributed by atoms with E-state index in [0.717, 1.165) is 0 Å². The molecule has 240 valence electrons. The lowest BCUT2D eigenvalue weighted by atomic mass is 9.42. The zero-order valence-corrected chi connectivity index (χ0v) is 26.4. The Hall–Kier alpha value is -4.17. The van der Waals surface area contributed by atoms with Gasteiger partial charge < -0.3 is 28.5 Å².